The van der Waals surface area contributed by atoms with Crippen molar-refractivity contribution in [3.05, 3.63) is 24.0 Å². The number of nitrogens with zero attached hydrogens (tertiary/aromatic N) is 2. The molecule has 0 amide bonds. The number of rotatable bonds is 3. The first kappa shape index (κ1) is 12.4. The first-order chi connectivity index (χ1) is 9.24. The fourth-order valence-electron chi connectivity index (χ4n) is 2.61. The molecule has 0 unspecified atom stereocenters. The monoisotopic (exact) mass is 260 g/mol. The normalized spacial score (nSPS) is 20.8. The quantitative estimate of drug-likeness (QED) is 0.875. The smallest absolute Gasteiger partial charge is 0.121 e. The molecule has 102 valence electrons. The van der Waals surface area contributed by atoms with Gasteiger partial charge in [-0.15, -0.1) is 0 Å². The van der Waals surface area contributed by atoms with Crippen LogP contribution in [0.25, 0.3) is 11.0 Å². The maximum atomic E-state index is 5.23. The SMILES string of the molecule is COc1ccc2nc(CN3CCN[C@@H](C)C3)[nH]c2c1. The highest BCUT2D eigenvalue weighted by molar-refractivity contribution is 5.76. The fraction of sp³-hybridized carbons (Fsp3) is 0.500. The Balaban J connectivity index is 1.77. The predicted octanol–water partition coefficient (Wildman–Crippen LogP) is 1.37. The van der Waals surface area contributed by atoms with E-state index in [2.05, 4.69) is 27.1 Å². The first-order valence-electron chi connectivity index (χ1n) is 6.73. The summed E-state index contributed by atoms with van der Waals surface area (Å²) in [6.07, 6.45) is 0. The van der Waals surface area contributed by atoms with Gasteiger partial charge in [-0.25, -0.2) is 4.98 Å². The summed E-state index contributed by atoms with van der Waals surface area (Å²) in [4.78, 5) is 10.4. The third-order valence-corrected chi connectivity index (χ3v) is 3.56. The van der Waals surface area contributed by atoms with Crippen molar-refractivity contribution in [3.8, 4) is 5.75 Å². The van der Waals surface area contributed by atoms with Crippen molar-refractivity contribution in [1.29, 1.82) is 0 Å². The number of nitrogens with one attached hydrogen (secondary N) is 2. The van der Waals surface area contributed by atoms with Crippen LogP contribution in [0.5, 0.6) is 5.75 Å². The van der Waals surface area contributed by atoms with Gasteiger partial charge in [-0.1, -0.05) is 0 Å². The van der Waals surface area contributed by atoms with Gasteiger partial charge in [0.15, 0.2) is 0 Å². The Morgan fingerprint density at radius 2 is 2.37 bits per heavy atom. The van der Waals surface area contributed by atoms with E-state index in [1.165, 1.54) is 0 Å². The molecule has 1 aliphatic heterocycles. The molecule has 5 heteroatoms. The van der Waals surface area contributed by atoms with Crippen molar-refractivity contribution in [2.75, 3.05) is 26.7 Å². The highest BCUT2D eigenvalue weighted by atomic mass is 16.5. The van der Waals surface area contributed by atoms with Crippen LogP contribution in [0.2, 0.25) is 0 Å². The van der Waals surface area contributed by atoms with Crippen LogP contribution in [0.1, 0.15) is 12.7 Å². The van der Waals surface area contributed by atoms with E-state index in [4.69, 9.17) is 4.74 Å². The number of fused-ring (bicyclic) bond motifs is 1. The van der Waals surface area contributed by atoms with Gasteiger partial charge in [-0.2, -0.15) is 0 Å². The number of hydrogen-bond acceptors (Lipinski definition) is 4. The van der Waals surface area contributed by atoms with Crippen LogP contribution in [-0.2, 0) is 6.54 Å². The van der Waals surface area contributed by atoms with Crippen molar-refractivity contribution < 1.29 is 4.74 Å². The molecule has 2 N–H and O–H groups in total. The Morgan fingerprint density at radius 1 is 1.47 bits per heavy atom. The van der Waals surface area contributed by atoms with Gasteiger partial charge in [-0.3, -0.25) is 4.90 Å². The molecule has 19 heavy (non-hydrogen) atoms. The topological polar surface area (TPSA) is 53.2 Å². The average Bonchev–Trinajstić information content (AvgIpc) is 2.79. The van der Waals surface area contributed by atoms with Gasteiger partial charge in [-0.05, 0) is 19.1 Å². The second-order valence-electron chi connectivity index (χ2n) is 5.16. The predicted molar refractivity (Wildman–Crippen MR) is 75.4 cm³/mol. The van der Waals surface area contributed by atoms with Crippen molar-refractivity contribution in [2.45, 2.75) is 19.5 Å². The Morgan fingerprint density at radius 3 is 3.16 bits per heavy atom. The number of benzene rings is 1. The highest BCUT2D eigenvalue weighted by Crippen LogP contribution is 2.19. The highest BCUT2D eigenvalue weighted by Gasteiger charge is 2.16. The van der Waals surface area contributed by atoms with Crippen molar-refractivity contribution in [3.63, 3.8) is 0 Å². The summed E-state index contributed by atoms with van der Waals surface area (Å²) < 4.78 is 5.23. The molecule has 1 aromatic carbocycles. The van der Waals surface area contributed by atoms with Crippen molar-refractivity contribution in [2.24, 2.45) is 0 Å². The summed E-state index contributed by atoms with van der Waals surface area (Å²) in [5.74, 6) is 1.89. The van der Waals surface area contributed by atoms with Crippen LogP contribution < -0.4 is 10.1 Å². The van der Waals surface area contributed by atoms with Gasteiger partial charge in [0.1, 0.15) is 11.6 Å². The van der Waals surface area contributed by atoms with E-state index < -0.39 is 0 Å². The molecule has 5 nitrogen and oxygen atoms in total. The number of hydrogen-bond donors (Lipinski definition) is 2. The molecule has 0 radical (unpaired) electrons. The Bertz CT molecular complexity index is 566. The average molecular weight is 260 g/mol. The minimum absolute atomic E-state index is 0.554. The zero-order valence-corrected chi connectivity index (χ0v) is 11.4. The van der Waals surface area contributed by atoms with E-state index in [0.29, 0.717) is 6.04 Å². The lowest BCUT2D eigenvalue weighted by Crippen LogP contribution is -2.48. The molecule has 0 bridgehead atoms. The summed E-state index contributed by atoms with van der Waals surface area (Å²) in [6, 6.07) is 6.49. The van der Waals surface area contributed by atoms with Gasteiger partial charge in [0, 0.05) is 31.7 Å². The minimum Gasteiger partial charge on any atom is -0.497 e. The van der Waals surface area contributed by atoms with Crippen LogP contribution in [0.15, 0.2) is 18.2 Å². The number of piperazine rings is 1. The standard InChI is InChI=1S/C14H20N4O/c1-10-8-18(6-5-15-10)9-14-16-12-4-3-11(19-2)7-13(12)17-14/h3-4,7,10,15H,5-6,8-9H2,1-2H3,(H,16,17)/t10-/m0/s1. The molecule has 2 aromatic rings. The maximum absolute atomic E-state index is 5.23. The number of aromatic amines is 1. The van der Waals surface area contributed by atoms with E-state index in [-0.39, 0.29) is 0 Å². The molecule has 3 rings (SSSR count). The molecular weight excluding hydrogens is 240 g/mol. The van der Waals surface area contributed by atoms with E-state index in [9.17, 15) is 0 Å². The molecule has 2 heterocycles. The van der Waals surface area contributed by atoms with E-state index in [0.717, 1.165) is 48.8 Å². The fourth-order valence-corrected chi connectivity index (χ4v) is 2.61. The Kier molecular flexibility index (Phi) is 3.40. The van der Waals surface area contributed by atoms with Gasteiger partial charge in [0.05, 0.1) is 24.7 Å². The lowest BCUT2D eigenvalue weighted by Gasteiger charge is -2.31. The van der Waals surface area contributed by atoms with Crippen LogP contribution >= 0.6 is 0 Å². The van der Waals surface area contributed by atoms with E-state index in [1.54, 1.807) is 7.11 Å². The molecule has 1 fully saturated rings. The van der Waals surface area contributed by atoms with Gasteiger partial charge < -0.3 is 15.0 Å². The van der Waals surface area contributed by atoms with Gasteiger partial charge >= 0.3 is 0 Å². The summed E-state index contributed by atoms with van der Waals surface area (Å²) in [6.45, 7) is 6.29. The van der Waals surface area contributed by atoms with Crippen LogP contribution in [-0.4, -0.2) is 47.7 Å². The third-order valence-electron chi connectivity index (χ3n) is 3.56. The molecule has 0 aliphatic carbocycles. The van der Waals surface area contributed by atoms with Gasteiger partial charge in [0.2, 0.25) is 0 Å². The summed E-state index contributed by atoms with van der Waals surface area (Å²) in [7, 11) is 1.68. The maximum Gasteiger partial charge on any atom is 0.121 e. The summed E-state index contributed by atoms with van der Waals surface area (Å²) in [5.41, 5.74) is 2.04. The number of aromatic nitrogens is 2. The Labute approximate surface area is 113 Å². The first-order valence-corrected chi connectivity index (χ1v) is 6.73. The zero-order valence-electron chi connectivity index (χ0n) is 11.4. The molecular formula is C14H20N4O. The molecule has 1 atom stereocenters. The van der Waals surface area contributed by atoms with Crippen molar-refractivity contribution in [1.82, 2.24) is 20.2 Å². The van der Waals surface area contributed by atoms with Crippen LogP contribution in [0, 0.1) is 0 Å². The zero-order chi connectivity index (χ0) is 13.2. The third kappa shape index (κ3) is 2.72. The Hall–Kier alpha value is -1.59. The van der Waals surface area contributed by atoms with Crippen LogP contribution in [0.4, 0.5) is 0 Å². The number of H-pyrrole nitrogens is 1. The number of imidazole rings is 1. The number of methoxy groups -OCH3 is 1. The molecule has 0 spiro atoms. The summed E-state index contributed by atoms with van der Waals surface area (Å²) >= 11 is 0. The van der Waals surface area contributed by atoms with Gasteiger partial charge in [0.25, 0.3) is 0 Å². The molecule has 1 saturated heterocycles. The number of ether oxygens (including phenoxy) is 1. The molecule has 0 saturated carbocycles. The summed E-state index contributed by atoms with van der Waals surface area (Å²) in [5, 5.41) is 3.45. The minimum atomic E-state index is 0.554. The molecule has 1 aliphatic rings. The lowest BCUT2D eigenvalue weighted by molar-refractivity contribution is 0.196. The van der Waals surface area contributed by atoms with E-state index in [1.807, 2.05) is 18.2 Å². The largest absolute Gasteiger partial charge is 0.497 e. The van der Waals surface area contributed by atoms with E-state index >= 15 is 0 Å². The second-order valence-corrected chi connectivity index (χ2v) is 5.16. The second kappa shape index (κ2) is 5.19. The van der Waals surface area contributed by atoms with Crippen molar-refractivity contribution >= 4 is 11.0 Å². The van der Waals surface area contributed by atoms with Crippen LogP contribution in [0.3, 0.4) is 0 Å². The molecule has 1 aromatic heterocycles. The lowest BCUT2D eigenvalue weighted by atomic mass is 10.2.